The second-order valence-electron chi connectivity index (χ2n) is 3.81. The second kappa shape index (κ2) is 4.82. The zero-order valence-corrected chi connectivity index (χ0v) is 9.86. The number of amides is 1. The lowest BCUT2D eigenvalue weighted by atomic mass is 10.2. The molecule has 1 aromatic heterocycles. The van der Waals surface area contributed by atoms with Gasteiger partial charge in [0, 0.05) is 11.8 Å². The Balaban J connectivity index is 2.14. The summed E-state index contributed by atoms with van der Waals surface area (Å²) in [4.78, 5) is 11.9. The molecule has 2 aromatic rings. The van der Waals surface area contributed by atoms with E-state index < -0.39 is 0 Å². The Morgan fingerprint density at radius 2 is 2.18 bits per heavy atom. The number of hydrogen-bond acceptors (Lipinski definition) is 3. The Kier molecular flexibility index (Phi) is 3.23. The monoisotopic (exact) mass is 230 g/mol. The summed E-state index contributed by atoms with van der Waals surface area (Å²) in [5.74, 6) is -0.0309. The number of para-hydroxylation sites is 1. The highest BCUT2D eigenvalue weighted by atomic mass is 16.5. The third-order valence-corrected chi connectivity index (χ3v) is 2.54. The van der Waals surface area contributed by atoms with Crippen molar-refractivity contribution >= 4 is 11.6 Å². The van der Waals surface area contributed by atoms with Crippen molar-refractivity contribution in [2.24, 2.45) is 0 Å². The first-order valence-corrected chi connectivity index (χ1v) is 5.53. The molecule has 0 fully saturated rings. The Morgan fingerprint density at radius 1 is 1.41 bits per heavy atom. The molecule has 88 valence electrons. The molecule has 1 heterocycles. The Hall–Kier alpha value is -2.10. The molecule has 0 spiro atoms. The summed E-state index contributed by atoms with van der Waals surface area (Å²) < 4.78 is 4.97. The van der Waals surface area contributed by atoms with Gasteiger partial charge in [-0.2, -0.15) is 0 Å². The van der Waals surface area contributed by atoms with Crippen LogP contribution in [0, 0.1) is 6.92 Å². The molecule has 1 aromatic carbocycles. The van der Waals surface area contributed by atoms with Crippen molar-refractivity contribution < 1.29 is 9.32 Å². The summed E-state index contributed by atoms with van der Waals surface area (Å²) >= 11 is 0. The Morgan fingerprint density at radius 3 is 2.82 bits per heavy atom. The van der Waals surface area contributed by atoms with Crippen LogP contribution in [-0.4, -0.2) is 11.1 Å². The van der Waals surface area contributed by atoms with Crippen molar-refractivity contribution in [1.29, 1.82) is 0 Å². The van der Waals surface area contributed by atoms with Gasteiger partial charge in [0.1, 0.15) is 0 Å². The lowest BCUT2D eigenvalue weighted by Crippen LogP contribution is -2.11. The van der Waals surface area contributed by atoms with E-state index in [-0.39, 0.29) is 11.7 Å². The molecule has 0 aliphatic heterocycles. The van der Waals surface area contributed by atoms with E-state index in [9.17, 15) is 4.79 Å². The van der Waals surface area contributed by atoms with Crippen LogP contribution in [0.4, 0.5) is 5.69 Å². The van der Waals surface area contributed by atoms with Gasteiger partial charge in [-0.1, -0.05) is 30.3 Å². The fourth-order valence-electron chi connectivity index (χ4n) is 1.48. The smallest absolute Gasteiger partial charge is 0.294 e. The summed E-state index contributed by atoms with van der Waals surface area (Å²) in [6.45, 7) is 3.90. The number of carbonyl (C=O) groups excluding carboxylic acids is 1. The average Bonchev–Trinajstić information content (AvgIpc) is 2.81. The number of benzene rings is 1. The zero-order chi connectivity index (χ0) is 12.3. The van der Waals surface area contributed by atoms with Gasteiger partial charge in [0.25, 0.3) is 5.91 Å². The van der Waals surface area contributed by atoms with E-state index in [1.807, 2.05) is 38.1 Å². The highest BCUT2D eigenvalue weighted by molar-refractivity contribution is 6.02. The minimum atomic E-state index is -0.272. The van der Waals surface area contributed by atoms with Gasteiger partial charge in [-0.3, -0.25) is 4.79 Å². The first-order chi connectivity index (χ1) is 8.20. The van der Waals surface area contributed by atoms with E-state index in [1.165, 1.54) is 0 Å². The van der Waals surface area contributed by atoms with Crippen molar-refractivity contribution in [2.75, 3.05) is 5.32 Å². The number of hydrogen-bond donors (Lipinski definition) is 1. The molecule has 0 radical (unpaired) electrons. The first kappa shape index (κ1) is 11.4. The normalized spacial score (nSPS) is 10.2. The van der Waals surface area contributed by atoms with Gasteiger partial charge >= 0.3 is 0 Å². The van der Waals surface area contributed by atoms with Gasteiger partial charge in [-0.15, -0.1) is 0 Å². The van der Waals surface area contributed by atoms with Gasteiger partial charge in [0.05, 0.1) is 5.69 Å². The molecule has 0 unspecified atom stereocenters. The molecule has 0 bridgehead atoms. The van der Waals surface area contributed by atoms with Crippen LogP contribution in [0.25, 0.3) is 0 Å². The van der Waals surface area contributed by atoms with E-state index in [2.05, 4.69) is 10.5 Å². The third-order valence-electron chi connectivity index (χ3n) is 2.54. The molecule has 0 atom stereocenters. The topological polar surface area (TPSA) is 55.1 Å². The maximum atomic E-state index is 11.9. The summed E-state index contributed by atoms with van der Waals surface area (Å²) in [6, 6.07) is 9.25. The van der Waals surface area contributed by atoms with E-state index in [4.69, 9.17) is 4.52 Å². The number of aromatic nitrogens is 1. The van der Waals surface area contributed by atoms with Crippen LogP contribution in [0.2, 0.25) is 0 Å². The SMILES string of the molecule is CCc1cc(C(=O)Nc2ccccc2C)on1. The molecule has 4 heteroatoms. The fourth-order valence-corrected chi connectivity index (χ4v) is 1.48. The fraction of sp³-hybridized carbons (Fsp3) is 0.231. The van der Waals surface area contributed by atoms with Crippen LogP contribution in [0.1, 0.15) is 28.7 Å². The number of rotatable bonds is 3. The molecule has 0 saturated carbocycles. The van der Waals surface area contributed by atoms with Crippen molar-refractivity contribution in [3.8, 4) is 0 Å². The minimum absolute atomic E-state index is 0.241. The van der Waals surface area contributed by atoms with Crippen molar-refractivity contribution in [3.63, 3.8) is 0 Å². The predicted octanol–water partition coefficient (Wildman–Crippen LogP) is 2.80. The first-order valence-electron chi connectivity index (χ1n) is 5.53. The minimum Gasteiger partial charge on any atom is -0.351 e. The Labute approximate surface area is 99.6 Å². The summed E-state index contributed by atoms with van der Waals surface area (Å²) in [5.41, 5.74) is 2.57. The number of aryl methyl sites for hydroxylation is 2. The molecule has 17 heavy (non-hydrogen) atoms. The second-order valence-corrected chi connectivity index (χ2v) is 3.81. The molecule has 0 saturated heterocycles. The molecule has 2 rings (SSSR count). The predicted molar refractivity (Wildman–Crippen MR) is 65.0 cm³/mol. The third kappa shape index (κ3) is 2.53. The van der Waals surface area contributed by atoms with Gasteiger partial charge < -0.3 is 9.84 Å². The highest BCUT2D eigenvalue weighted by Gasteiger charge is 2.13. The lowest BCUT2D eigenvalue weighted by Gasteiger charge is -2.05. The number of nitrogens with one attached hydrogen (secondary N) is 1. The Bertz CT molecular complexity index is 532. The molecular weight excluding hydrogens is 216 g/mol. The standard InChI is InChI=1S/C13H14N2O2/c1-3-10-8-12(17-15-10)13(16)14-11-7-5-4-6-9(11)2/h4-8H,3H2,1-2H3,(H,14,16). The van der Waals surface area contributed by atoms with Crippen LogP contribution in [0.5, 0.6) is 0 Å². The quantitative estimate of drug-likeness (QED) is 0.882. The van der Waals surface area contributed by atoms with Gasteiger partial charge in [-0.25, -0.2) is 0 Å². The summed E-state index contributed by atoms with van der Waals surface area (Å²) in [6.07, 6.45) is 0.751. The van der Waals surface area contributed by atoms with E-state index >= 15 is 0 Å². The maximum Gasteiger partial charge on any atom is 0.294 e. The van der Waals surface area contributed by atoms with E-state index in [1.54, 1.807) is 6.07 Å². The van der Waals surface area contributed by atoms with Gasteiger partial charge in [-0.05, 0) is 25.0 Å². The number of nitrogens with zero attached hydrogens (tertiary/aromatic N) is 1. The maximum absolute atomic E-state index is 11.9. The van der Waals surface area contributed by atoms with Crippen LogP contribution in [-0.2, 0) is 6.42 Å². The molecule has 1 N–H and O–H groups in total. The van der Waals surface area contributed by atoms with Crippen molar-refractivity contribution in [1.82, 2.24) is 5.16 Å². The van der Waals surface area contributed by atoms with Crippen LogP contribution >= 0.6 is 0 Å². The van der Waals surface area contributed by atoms with Gasteiger partial charge in [0.2, 0.25) is 5.76 Å². The van der Waals surface area contributed by atoms with Gasteiger partial charge in [0.15, 0.2) is 0 Å². The van der Waals surface area contributed by atoms with Crippen molar-refractivity contribution in [2.45, 2.75) is 20.3 Å². The molecule has 0 aliphatic rings. The molecule has 1 amide bonds. The van der Waals surface area contributed by atoms with Crippen molar-refractivity contribution in [3.05, 3.63) is 47.3 Å². The van der Waals surface area contributed by atoms with Crippen LogP contribution in [0.3, 0.4) is 0 Å². The van der Waals surface area contributed by atoms with Crippen LogP contribution in [0.15, 0.2) is 34.9 Å². The molecular formula is C13H14N2O2. The van der Waals surface area contributed by atoms with E-state index in [0.717, 1.165) is 23.4 Å². The highest BCUT2D eigenvalue weighted by Crippen LogP contribution is 2.15. The summed E-state index contributed by atoms with van der Waals surface area (Å²) in [7, 11) is 0. The molecule has 4 nitrogen and oxygen atoms in total. The summed E-state index contributed by atoms with van der Waals surface area (Å²) in [5, 5.41) is 6.58. The van der Waals surface area contributed by atoms with Crippen LogP contribution < -0.4 is 5.32 Å². The number of anilines is 1. The molecule has 0 aliphatic carbocycles. The largest absolute Gasteiger partial charge is 0.351 e. The average molecular weight is 230 g/mol. The lowest BCUT2D eigenvalue weighted by molar-refractivity contribution is 0.0987. The number of carbonyl (C=O) groups is 1. The zero-order valence-electron chi connectivity index (χ0n) is 9.86. The van der Waals surface area contributed by atoms with E-state index in [0.29, 0.717) is 0 Å².